The van der Waals surface area contributed by atoms with Gasteiger partial charge in [0, 0.05) is 6.54 Å². The highest BCUT2D eigenvalue weighted by Gasteiger charge is 2.86. The first-order chi connectivity index (χ1) is 12.6. The molecule has 29 heavy (non-hydrogen) atoms. The van der Waals surface area contributed by atoms with Crippen molar-refractivity contribution in [1.82, 2.24) is 4.72 Å². The molecule has 0 aromatic carbocycles. The quantitative estimate of drug-likeness (QED) is 0.283. The molecule has 5 nitrogen and oxygen atoms in total. The summed E-state index contributed by atoms with van der Waals surface area (Å²) in [7, 11) is -6.81. The highest BCUT2D eigenvalue weighted by molar-refractivity contribution is 7.90. The minimum atomic E-state index is -7.44. The Bertz CT molecular complexity index is 694. The molecule has 0 fully saturated rings. The van der Waals surface area contributed by atoms with Gasteiger partial charge in [-0.25, -0.2) is 21.9 Å². The van der Waals surface area contributed by atoms with Gasteiger partial charge in [0.2, 0.25) is 0 Å². The summed E-state index contributed by atoms with van der Waals surface area (Å²) >= 11 is 0. The van der Waals surface area contributed by atoms with Crippen LogP contribution in [-0.4, -0.2) is 57.0 Å². The molecule has 0 aliphatic rings. The van der Waals surface area contributed by atoms with Crippen molar-refractivity contribution >= 4 is 16.0 Å². The Labute approximate surface area is 158 Å². The van der Waals surface area contributed by atoms with E-state index in [4.69, 9.17) is 0 Å². The zero-order chi connectivity index (χ0) is 23.7. The van der Waals surface area contributed by atoms with E-state index in [0.717, 1.165) is 0 Å². The van der Waals surface area contributed by atoms with Crippen LogP contribution in [0.1, 0.15) is 27.2 Å². The number of carbonyl (C=O) groups is 1. The molecule has 174 valence electrons. The van der Waals surface area contributed by atoms with E-state index in [1.54, 1.807) is 6.92 Å². The maximum Gasteiger partial charge on any atom is 0.427 e. The number of nitrogens with one attached hydrogen (secondary N) is 1. The summed E-state index contributed by atoms with van der Waals surface area (Å²) in [6.07, 6.45) is -5.27. The second-order valence-corrected chi connectivity index (χ2v) is 8.17. The molecule has 0 spiro atoms. The first-order valence-electron chi connectivity index (χ1n) is 7.59. The van der Waals surface area contributed by atoms with Crippen molar-refractivity contribution in [2.24, 2.45) is 5.41 Å². The van der Waals surface area contributed by atoms with Crippen molar-refractivity contribution in [3.05, 3.63) is 0 Å². The number of carbonyl (C=O) groups excluding carboxylic acids is 1. The highest BCUT2D eigenvalue weighted by atomic mass is 32.2. The van der Waals surface area contributed by atoms with Gasteiger partial charge < -0.3 is 4.74 Å². The van der Waals surface area contributed by atoms with Gasteiger partial charge in [0.15, 0.2) is 0 Å². The number of rotatable bonds is 11. The molecular formula is C13H17F10NO4S. The van der Waals surface area contributed by atoms with E-state index in [-0.39, 0.29) is 6.42 Å². The smallest absolute Gasteiger partial charge is 0.427 e. The van der Waals surface area contributed by atoms with Gasteiger partial charge in [-0.15, -0.1) is 0 Å². The first-order valence-corrected chi connectivity index (χ1v) is 9.07. The average molecular weight is 473 g/mol. The van der Waals surface area contributed by atoms with Gasteiger partial charge in [-0.3, -0.25) is 4.79 Å². The lowest BCUT2D eigenvalue weighted by Gasteiger charge is -2.35. The normalized spacial score (nSPS) is 15.0. The molecular weight excluding hydrogens is 456 g/mol. The number of alkyl halides is 10. The van der Waals surface area contributed by atoms with E-state index in [1.165, 1.54) is 13.8 Å². The van der Waals surface area contributed by atoms with E-state index in [2.05, 4.69) is 4.74 Å². The molecule has 0 saturated carbocycles. The molecule has 0 unspecified atom stereocenters. The molecule has 0 heterocycles. The van der Waals surface area contributed by atoms with Gasteiger partial charge in [-0.2, -0.15) is 35.1 Å². The van der Waals surface area contributed by atoms with Gasteiger partial charge in [-0.1, -0.05) is 6.92 Å². The molecule has 1 N–H and O–H groups in total. The molecule has 0 radical (unpaired) electrons. The van der Waals surface area contributed by atoms with Gasteiger partial charge in [0.1, 0.15) is 6.61 Å². The summed E-state index contributed by atoms with van der Waals surface area (Å²) in [6, 6.07) is 0. The van der Waals surface area contributed by atoms with E-state index >= 15 is 0 Å². The SMILES string of the molecule is CCC(C)(C)C(=O)OCCNS(=O)(=O)C(F)(F)C(F)(F)C(F)(F)C(F)(F)C(F)F. The van der Waals surface area contributed by atoms with Crippen LogP contribution in [0.4, 0.5) is 43.9 Å². The number of halogens is 10. The zero-order valence-corrected chi connectivity index (χ0v) is 15.8. The molecule has 0 aliphatic heterocycles. The van der Waals surface area contributed by atoms with Crippen molar-refractivity contribution in [3.63, 3.8) is 0 Å². The second-order valence-electron chi connectivity index (χ2n) is 6.36. The van der Waals surface area contributed by atoms with E-state index < -0.39 is 64.0 Å². The summed E-state index contributed by atoms with van der Waals surface area (Å²) in [5, 5.41) is -6.94. The van der Waals surface area contributed by atoms with Crippen LogP contribution in [0.3, 0.4) is 0 Å². The lowest BCUT2D eigenvalue weighted by Crippen LogP contribution is -2.67. The summed E-state index contributed by atoms with van der Waals surface area (Å²) in [5.41, 5.74) is -1.08. The Morgan fingerprint density at radius 3 is 1.79 bits per heavy atom. The predicted octanol–water partition coefficient (Wildman–Crippen LogP) is 3.65. The largest absolute Gasteiger partial charge is 0.464 e. The molecule has 0 rings (SSSR count). The fourth-order valence-corrected chi connectivity index (χ4v) is 2.45. The summed E-state index contributed by atoms with van der Waals surface area (Å²) in [5.74, 6) is -22.8. The number of hydrogen-bond donors (Lipinski definition) is 1. The van der Waals surface area contributed by atoms with Crippen LogP contribution in [0.25, 0.3) is 0 Å². The minimum absolute atomic E-state index is 0.231. The molecule has 0 bridgehead atoms. The first kappa shape index (κ1) is 27.7. The topological polar surface area (TPSA) is 72.5 Å². The van der Waals surface area contributed by atoms with E-state index in [9.17, 15) is 57.1 Å². The Balaban J connectivity index is 5.48. The number of hydrogen-bond acceptors (Lipinski definition) is 4. The van der Waals surface area contributed by atoms with Crippen LogP contribution in [0.2, 0.25) is 0 Å². The predicted molar refractivity (Wildman–Crippen MR) is 77.7 cm³/mol. The number of esters is 1. The molecule has 0 saturated heterocycles. The van der Waals surface area contributed by atoms with Crippen molar-refractivity contribution in [1.29, 1.82) is 0 Å². The fourth-order valence-electron chi connectivity index (χ4n) is 1.45. The highest BCUT2D eigenvalue weighted by Crippen LogP contribution is 2.55. The van der Waals surface area contributed by atoms with Crippen LogP contribution in [0, 0.1) is 5.41 Å². The van der Waals surface area contributed by atoms with Crippen molar-refractivity contribution in [3.8, 4) is 0 Å². The summed E-state index contributed by atoms with van der Waals surface area (Å²) in [6.45, 7) is 2.00. The molecule has 0 amide bonds. The fraction of sp³-hybridized carbons (Fsp3) is 0.923. The third-order valence-electron chi connectivity index (χ3n) is 3.85. The van der Waals surface area contributed by atoms with Crippen molar-refractivity contribution in [2.45, 2.75) is 56.6 Å². The Morgan fingerprint density at radius 2 is 1.41 bits per heavy atom. The Kier molecular flexibility index (Phi) is 8.05. The van der Waals surface area contributed by atoms with Crippen LogP contribution < -0.4 is 4.72 Å². The second kappa shape index (κ2) is 8.43. The monoisotopic (exact) mass is 473 g/mol. The van der Waals surface area contributed by atoms with Gasteiger partial charge in [0.05, 0.1) is 5.41 Å². The maximum atomic E-state index is 13.5. The number of ether oxygens (including phenoxy) is 1. The van der Waals surface area contributed by atoms with Crippen LogP contribution >= 0.6 is 0 Å². The zero-order valence-electron chi connectivity index (χ0n) is 15.0. The van der Waals surface area contributed by atoms with Crippen LogP contribution in [0.15, 0.2) is 0 Å². The summed E-state index contributed by atoms with van der Waals surface area (Å²) in [4.78, 5) is 11.6. The third-order valence-corrected chi connectivity index (χ3v) is 5.37. The Hall–Kier alpha value is -1.32. The maximum absolute atomic E-state index is 13.5. The van der Waals surface area contributed by atoms with Crippen LogP contribution in [0.5, 0.6) is 0 Å². The van der Waals surface area contributed by atoms with Crippen molar-refractivity contribution in [2.75, 3.05) is 13.2 Å². The van der Waals surface area contributed by atoms with Gasteiger partial charge in [0.25, 0.3) is 10.0 Å². The summed E-state index contributed by atoms with van der Waals surface area (Å²) < 4.78 is 157. The molecule has 0 aliphatic carbocycles. The molecule has 0 aromatic heterocycles. The van der Waals surface area contributed by atoms with Gasteiger partial charge >= 0.3 is 35.4 Å². The number of sulfonamides is 1. The van der Waals surface area contributed by atoms with E-state index in [0.29, 0.717) is 4.72 Å². The van der Waals surface area contributed by atoms with Crippen molar-refractivity contribution < 1.29 is 61.9 Å². The lowest BCUT2D eigenvalue weighted by molar-refractivity contribution is -0.368. The lowest BCUT2D eigenvalue weighted by atomic mass is 9.91. The molecule has 0 aromatic rings. The van der Waals surface area contributed by atoms with Crippen LogP contribution in [-0.2, 0) is 19.6 Å². The minimum Gasteiger partial charge on any atom is -0.464 e. The van der Waals surface area contributed by atoms with Gasteiger partial charge in [-0.05, 0) is 20.3 Å². The average Bonchev–Trinajstić information content (AvgIpc) is 2.57. The Morgan fingerprint density at radius 1 is 0.966 bits per heavy atom. The third kappa shape index (κ3) is 4.88. The van der Waals surface area contributed by atoms with E-state index in [1.807, 2.05) is 0 Å². The molecule has 0 atom stereocenters. The standard InChI is InChI=1S/C13H17F10NO4S/c1-4-9(2,3)8(25)28-6-5-24-29(26,27)13(22,23)12(20,21)11(18,19)10(16,17)7(14)15/h7,24H,4-6H2,1-3H3. The molecule has 16 heteroatoms.